The van der Waals surface area contributed by atoms with E-state index in [9.17, 15) is 19.5 Å². The maximum atomic E-state index is 14.1. The molecule has 0 heterocycles. The summed E-state index contributed by atoms with van der Waals surface area (Å²) in [4.78, 5) is 41.9. The minimum absolute atomic E-state index is 0.0471. The number of carbonyl (C=O) groups excluding carboxylic acids is 3. The zero-order valence-corrected chi connectivity index (χ0v) is 22.3. The van der Waals surface area contributed by atoms with E-state index in [1.165, 1.54) is 6.07 Å². The molecule has 8 nitrogen and oxygen atoms in total. The number of hydrogen-bond donors (Lipinski definition) is 3. The van der Waals surface area contributed by atoms with E-state index in [2.05, 4.69) is 10.6 Å². The van der Waals surface area contributed by atoms with Crippen LogP contribution in [0.1, 0.15) is 92.2 Å². The molecule has 1 saturated carbocycles. The van der Waals surface area contributed by atoms with Crippen molar-refractivity contribution in [3.05, 3.63) is 29.8 Å². The SMILES string of the molecule is CCCC(C)NC(=O)C(c1ccccc1O)N(C(=O)C(NC(=O)OC(C)(C)C)C(C)C)C1CCC1. The first-order valence-corrected chi connectivity index (χ1v) is 12.8. The van der Waals surface area contributed by atoms with Crippen LogP contribution in [0.15, 0.2) is 24.3 Å². The van der Waals surface area contributed by atoms with Crippen molar-refractivity contribution in [3.63, 3.8) is 0 Å². The second-order valence-electron chi connectivity index (χ2n) is 10.9. The molecule has 35 heavy (non-hydrogen) atoms. The molecule has 0 spiro atoms. The average Bonchev–Trinajstić information content (AvgIpc) is 2.69. The third kappa shape index (κ3) is 7.87. The minimum Gasteiger partial charge on any atom is -0.508 e. The number of nitrogens with one attached hydrogen (secondary N) is 2. The van der Waals surface area contributed by atoms with Gasteiger partial charge in [0.2, 0.25) is 11.8 Å². The predicted octanol–water partition coefficient (Wildman–Crippen LogP) is 4.67. The first-order valence-electron chi connectivity index (χ1n) is 12.8. The Morgan fingerprint density at radius 2 is 1.74 bits per heavy atom. The van der Waals surface area contributed by atoms with Crippen LogP contribution >= 0.6 is 0 Å². The van der Waals surface area contributed by atoms with E-state index in [1.54, 1.807) is 43.9 Å². The third-order valence-electron chi connectivity index (χ3n) is 6.20. The summed E-state index contributed by atoms with van der Waals surface area (Å²) in [5, 5.41) is 16.4. The van der Waals surface area contributed by atoms with E-state index >= 15 is 0 Å². The number of amides is 3. The molecule has 0 bridgehead atoms. The van der Waals surface area contributed by atoms with E-state index in [1.807, 2.05) is 27.7 Å². The number of phenols is 1. The van der Waals surface area contributed by atoms with Crippen molar-refractivity contribution in [2.75, 3.05) is 0 Å². The van der Waals surface area contributed by atoms with Gasteiger partial charge < -0.3 is 25.4 Å². The van der Waals surface area contributed by atoms with E-state index in [-0.39, 0.29) is 35.6 Å². The summed E-state index contributed by atoms with van der Waals surface area (Å²) in [7, 11) is 0. The molecule has 3 unspecified atom stereocenters. The van der Waals surface area contributed by atoms with Crippen molar-refractivity contribution in [3.8, 4) is 5.75 Å². The Morgan fingerprint density at radius 3 is 2.23 bits per heavy atom. The molecule has 3 N–H and O–H groups in total. The minimum atomic E-state index is -1.02. The highest BCUT2D eigenvalue weighted by molar-refractivity contribution is 5.93. The molecule has 1 fully saturated rings. The van der Waals surface area contributed by atoms with Crippen LogP contribution in [0, 0.1) is 5.92 Å². The van der Waals surface area contributed by atoms with Crippen molar-refractivity contribution < 1.29 is 24.2 Å². The summed E-state index contributed by atoms with van der Waals surface area (Å²) in [5.74, 6) is -0.992. The van der Waals surface area contributed by atoms with Gasteiger partial charge in [-0.15, -0.1) is 0 Å². The highest BCUT2D eigenvalue weighted by Crippen LogP contribution is 2.37. The molecule has 1 aliphatic rings. The van der Waals surface area contributed by atoms with Crippen LogP contribution in [-0.4, -0.2) is 51.6 Å². The van der Waals surface area contributed by atoms with Crippen molar-refractivity contribution in [2.45, 2.75) is 110 Å². The number of aromatic hydroxyl groups is 1. The van der Waals surface area contributed by atoms with Gasteiger partial charge in [-0.1, -0.05) is 45.4 Å². The number of phenolic OH excluding ortho intramolecular Hbond substituents is 1. The fraction of sp³-hybridized carbons (Fsp3) is 0.667. The fourth-order valence-electron chi connectivity index (χ4n) is 4.25. The number of nitrogens with zero attached hydrogens (tertiary/aromatic N) is 1. The van der Waals surface area contributed by atoms with E-state index < -0.39 is 23.8 Å². The van der Waals surface area contributed by atoms with E-state index in [0.29, 0.717) is 5.56 Å². The van der Waals surface area contributed by atoms with Gasteiger partial charge in [0.05, 0.1) is 0 Å². The summed E-state index contributed by atoms with van der Waals surface area (Å²) in [6.45, 7) is 12.9. The Kier molecular flexibility index (Phi) is 9.98. The lowest BCUT2D eigenvalue weighted by Gasteiger charge is -2.44. The summed E-state index contributed by atoms with van der Waals surface area (Å²) in [5.41, 5.74) is -0.343. The second-order valence-corrected chi connectivity index (χ2v) is 10.9. The molecule has 0 saturated heterocycles. The first kappa shape index (κ1) is 28.5. The van der Waals surface area contributed by atoms with Crippen molar-refractivity contribution >= 4 is 17.9 Å². The van der Waals surface area contributed by atoms with Crippen LogP contribution in [0.5, 0.6) is 5.75 Å². The predicted molar refractivity (Wildman–Crippen MR) is 136 cm³/mol. The van der Waals surface area contributed by atoms with Crippen molar-refractivity contribution in [2.24, 2.45) is 5.92 Å². The lowest BCUT2D eigenvalue weighted by molar-refractivity contribution is -0.148. The largest absolute Gasteiger partial charge is 0.508 e. The number of hydrogen-bond acceptors (Lipinski definition) is 5. The van der Waals surface area contributed by atoms with Crippen LogP contribution in [-0.2, 0) is 14.3 Å². The van der Waals surface area contributed by atoms with Crippen LogP contribution in [0.2, 0.25) is 0 Å². The summed E-state index contributed by atoms with van der Waals surface area (Å²) in [6, 6.07) is 4.47. The highest BCUT2D eigenvalue weighted by Gasteiger charge is 2.43. The molecular formula is C27H43N3O5. The Morgan fingerprint density at radius 1 is 1.11 bits per heavy atom. The number of alkyl carbamates (subject to hydrolysis) is 1. The Labute approximate surface area is 209 Å². The Balaban J connectivity index is 2.48. The standard InChI is InChI=1S/C27H43N3O5/c1-8-12-18(4)28-24(32)23(20-15-9-10-16-21(20)31)30(19-13-11-14-19)25(33)22(17(2)3)29-26(34)35-27(5,6)7/h9-10,15-19,22-23,31H,8,11-14H2,1-7H3,(H,28,32)(H,29,34). The van der Waals surface area contributed by atoms with Crippen molar-refractivity contribution in [1.82, 2.24) is 15.5 Å². The number of benzene rings is 1. The van der Waals surface area contributed by atoms with Gasteiger partial charge in [-0.2, -0.15) is 0 Å². The van der Waals surface area contributed by atoms with Gasteiger partial charge in [0.25, 0.3) is 0 Å². The van der Waals surface area contributed by atoms with Gasteiger partial charge in [-0.05, 0) is 65.4 Å². The van der Waals surface area contributed by atoms with Gasteiger partial charge in [0.15, 0.2) is 0 Å². The maximum absolute atomic E-state index is 14.1. The molecule has 8 heteroatoms. The normalized spacial score (nSPS) is 16.6. The van der Waals surface area contributed by atoms with Crippen LogP contribution in [0.3, 0.4) is 0 Å². The molecule has 1 aliphatic carbocycles. The number of para-hydroxylation sites is 1. The summed E-state index contributed by atoms with van der Waals surface area (Å²) < 4.78 is 5.40. The molecule has 3 atom stereocenters. The topological polar surface area (TPSA) is 108 Å². The smallest absolute Gasteiger partial charge is 0.408 e. The molecule has 2 rings (SSSR count). The monoisotopic (exact) mass is 489 g/mol. The maximum Gasteiger partial charge on any atom is 0.408 e. The quantitative estimate of drug-likeness (QED) is 0.443. The molecule has 0 radical (unpaired) electrons. The molecule has 0 aromatic heterocycles. The molecule has 0 aliphatic heterocycles. The molecule has 1 aromatic rings. The molecular weight excluding hydrogens is 446 g/mol. The van der Waals surface area contributed by atoms with Crippen LogP contribution < -0.4 is 10.6 Å². The number of carbonyl (C=O) groups is 3. The van der Waals surface area contributed by atoms with Gasteiger partial charge in [0.1, 0.15) is 23.4 Å². The highest BCUT2D eigenvalue weighted by atomic mass is 16.6. The number of ether oxygens (including phenoxy) is 1. The third-order valence-corrected chi connectivity index (χ3v) is 6.20. The van der Waals surface area contributed by atoms with Gasteiger partial charge in [0, 0.05) is 17.6 Å². The summed E-state index contributed by atoms with van der Waals surface area (Å²) >= 11 is 0. The van der Waals surface area contributed by atoms with E-state index in [4.69, 9.17) is 4.74 Å². The average molecular weight is 490 g/mol. The van der Waals surface area contributed by atoms with Crippen LogP contribution in [0.4, 0.5) is 4.79 Å². The fourth-order valence-corrected chi connectivity index (χ4v) is 4.25. The Bertz CT molecular complexity index is 876. The number of rotatable bonds is 10. The lowest BCUT2D eigenvalue weighted by atomic mass is 9.87. The molecule has 196 valence electrons. The van der Waals surface area contributed by atoms with Gasteiger partial charge in [-0.25, -0.2) is 4.79 Å². The van der Waals surface area contributed by atoms with E-state index in [0.717, 1.165) is 32.1 Å². The second kappa shape index (κ2) is 12.3. The summed E-state index contributed by atoms with van der Waals surface area (Å²) in [6.07, 6.45) is 3.48. The first-order chi connectivity index (χ1) is 16.4. The van der Waals surface area contributed by atoms with Gasteiger partial charge >= 0.3 is 6.09 Å². The van der Waals surface area contributed by atoms with Crippen LogP contribution in [0.25, 0.3) is 0 Å². The van der Waals surface area contributed by atoms with Crippen molar-refractivity contribution in [1.29, 1.82) is 0 Å². The zero-order chi connectivity index (χ0) is 26.3. The lowest BCUT2D eigenvalue weighted by Crippen LogP contribution is -2.59. The Hall–Kier alpha value is -2.77. The zero-order valence-electron chi connectivity index (χ0n) is 22.3. The van der Waals surface area contributed by atoms with Gasteiger partial charge in [-0.3, -0.25) is 9.59 Å². The molecule has 1 aromatic carbocycles. The molecule has 3 amide bonds.